The van der Waals surface area contributed by atoms with Crippen LogP contribution in [0.25, 0.3) is 33.4 Å². The average molecular weight is 955 g/mol. The number of rotatable bonds is 6. The van der Waals surface area contributed by atoms with E-state index in [2.05, 4.69) is 277 Å². The Hall–Kier alpha value is -6.58. The molecule has 0 saturated carbocycles. The summed E-state index contributed by atoms with van der Waals surface area (Å²) >= 11 is 0. The molecule has 368 valence electrons. The van der Waals surface area contributed by atoms with Gasteiger partial charge in [-0.25, -0.2) is 0 Å². The van der Waals surface area contributed by atoms with E-state index in [-0.39, 0.29) is 39.7 Å². The lowest BCUT2D eigenvalue weighted by molar-refractivity contribution is 0.403. The van der Waals surface area contributed by atoms with Crippen LogP contribution in [0.5, 0.6) is 0 Å². The molecule has 11 rings (SSSR count). The lowest BCUT2D eigenvalue weighted by Crippen LogP contribution is -2.61. The second kappa shape index (κ2) is 17.0. The molecule has 0 radical (unpaired) electrons. The average Bonchev–Trinajstić information content (AvgIpc) is 3.53. The predicted octanol–water partition coefficient (Wildman–Crippen LogP) is 17.7. The van der Waals surface area contributed by atoms with E-state index in [4.69, 9.17) is 0 Å². The van der Waals surface area contributed by atoms with Gasteiger partial charge in [-0.2, -0.15) is 0 Å². The highest BCUT2D eigenvalue weighted by molar-refractivity contribution is 7.00. The smallest absolute Gasteiger partial charge is 0.252 e. The molecule has 8 aromatic rings. The summed E-state index contributed by atoms with van der Waals surface area (Å²) in [5.74, 6) is 0.288. The third-order valence-corrected chi connectivity index (χ3v) is 16.7. The first-order valence-corrected chi connectivity index (χ1v) is 27.0. The minimum atomic E-state index is -0.0812. The van der Waals surface area contributed by atoms with Crippen molar-refractivity contribution in [2.24, 2.45) is 0 Å². The predicted molar refractivity (Wildman–Crippen MR) is 318 cm³/mol. The van der Waals surface area contributed by atoms with Gasteiger partial charge in [0.2, 0.25) is 0 Å². The van der Waals surface area contributed by atoms with E-state index in [1.165, 1.54) is 117 Å². The largest absolute Gasteiger partial charge is 0.311 e. The maximum Gasteiger partial charge on any atom is 0.252 e. The van der Waals surface area contributed by atoms with Crippen molar-refractivity contribution in [2.75, 3.05) is 9.80 Å². The minimum Gasteiger partial charge on any atom is -0.311 e. The van der Waals surface area contributed by atoms with Crippen LogP contribution in [0.1, 0.15) is 150 Å². The van der Waals surface area contributed by atoms with E-state index in [1.54, 1.807) is 0 Å². The van der Waals surface area contributed by atoms with Gasteiger partial charge in [-0.05, 0) is 184 Å². The van der Waals surface area contributed by atoms with Crippen LogP contribution >= 0.6 is 0 Å². The summed E-state index contributed by atoms with van der Waals surface area (Å²) in [6.45, 7) is 35.7. The summed E-state index contributed by atoms with van der Waals surface area (Å²) in [4.78, 5) is 5.33. The fourth-order valence-corrected chi connectivity index (χ4v) is 12.7. The molecule has 0 bridgehead atoms. The first-order chi connectivity index (χ1) is 34.4. The molecular weight excluding hydrogens is 880 g/mol. The Labute approximate surface area is 438 Å². The van der Waals surface area contributed by atoms with Gasteiger partial charge in [0.1, 0.15) is 0 Å². The normalized spacial score (nSPS) is 15.5. The fraction of sp³-hybridized carbons (Fsp3) is 0.314. The summed E-state index contributed by atoms with van der Waals surface area (Å²) in [7, 11) is 0. The summed E-state index contributed by atoms with van der Waals surface area (Å²) in [5, 5.41) is 0. The number of nitrogens with zero attached hydrogens (tertiary/aromatic N) is 2. The highest BCUT2D eigenvalue weighted by Crippen LogP contribution is 2.54. The summed E-state index contributed by atoms with van der Waals surface area (Å²) < 4.78 is 0. The molecular formula is C70H75BN2. The molecule has 0 amide bonds. The Bertz CT molecular complexity index is 3390. The first-order valence-electron chi connectivity index (χ1n) is 27.0. The molecule has 3 heteroatoms. The molecule has 2 aliphatic heterocycles. The van der Waals surface area contributed by atoms with Gasteiger partial charge in [0.05, 0.1) is 5.69 Å². The lowest BCUT2D eigenvalue weighted by atomic mass is 9.33. The summed E-state index contributed by atoms with van der Waals surface area (Å²) in [6, 6.07) is 63.8. The molecule has 3 aliphatic rings. The SMILES string of the molecule is CC(C)c1cc2c3c(c1)N(c1ccc(C(C)(C)C)cc1-c1cc(-c4ccccc4)cc(-c4ccccc4)c1)c1cc4c(cc1B3c1cc(C(C)(C)C)ccc1N2c1ccc(C(C)(C)C)cc1)C(C)(C)CC4(C)C. The van der Waals surface area contributed by atoms with Gasteiger partial charge in [0.15, 0.2) is 0 Å². The van der Waals surface area contributed by atoms with Gasteiger partial charge in [0.25, 0.3) is 6.71 Å². The Morgan fingerprint density at radius 3 is 1.41 bits per heavy atom. The molecule has 0 aromatic heterocycles. The molecule has 8 aromatic carbocycles. The van der Waals surface area contributed by atoms with Crippen LogP contribution in [0, 0.1) is 0 Å². The van der Waals surface area contributed by atoms with Gasteiger partial charge in [-0.1, -0.05) is 201 Å². The van der Waals surface area contributed by atoms with Crippen molar-refractivity contribution in [2.45, 2.75) is 143 Å². The Balaban J connectivity index is 1.28. The van der Waals surface area contributed by atoms with E-state index in [0.29, 0.717) is 0 Å². The molecule has 73 heavy (non-hydrogen) atoms. The van der Waals surface area contributed by atoms with Crippen LogP contribution < -0.4 is 26.2 Å². The molecule has 0 atom stereocenters. The van der Waals surface area contributed by atoms with Gasteiger partial charge >= 0.3 is 0 Å². The highest BCUT2D eigenvalue weighted by Gasteiger charge is 2.49. The van der Waals surface area contributed by atoms with Crippen LogP contribution in [-0.4, -0.2) is 6.71 Å². The lowest BCUT2D eigenvalue weighted by Gasteiger charge is -2.46. The van der Waals surface area contributed by atoms with Crippen molar-refractivity contribution < 1.29 is 0 Å². The van der Waals surface area contributed by atoms with Gasteiger partial charge in [0, 0.05) is 34.0 Å². The Morgan fingerprint density at radius 1 is 0.411 bits per heavy atom. The number of benzene rings is 8. The molecule has 2 heterocycles. The number of hydrogen-bond acceptors (Lipinski definition) is 2. The maximum absolute atomic E-state index is 2.72. The van der Waals surface area contributed by atoms with Crippen LogP contribution in [0.3, 0.4) is 0 Å². The van der Waals surface area contributed by atoms with Crippen molar-refractivity contribution in [3.63, 3.8) is 0 Å². The van der Waals surface area contributed by atoms with Gasteiger partial charge in [-0.3, -0.25) is 0 Å². The van der Waals surface area contributed by atoms with Crippen LogP contribution in [-0.2, 0) is 27.1 Å². The van der Waals surface area contributed by atoms with Crippen LogP contribution in [0.15, 0.2) is 164 Å². The summed E-state index contributed by atoms with van der Waals surface area (Å²) in [6.07, 6.45) is 1.10. The van der Waals surface area contributed by atoms with Crippen molar-refractivity contribution in [1.29, 1.82) is 0 Å². The van der Waals surface area contributed by atoms with Crippen LogP contribution in [0.2, 0.25) is 0 Å². The molecule has 1 aliphatic carbocycles. The van der Waals surface area contributed by atoms with E-state index < -0.39 is 0 Å². The second-order valence-corrected chi connectivity index (χ2v) is 26.5. The van der Waals surface area contributed by atoms with Crippen molar-refractivity contribution in [1.82, 2.24) is 0 Å². The molecule has 0 unspecified atom stereocenters. The molecule has 0 spiro atoms. The van der Waals surface area contributed by atoms with Crippen LogP contribution in [0.4, 0.5) is 34.1 Å². The van der Waals surface area contributed by atoms with E-state index in [1.807, 2.05) is 0 Å². The van der Waals surface area contributed by atoms with Crippen molar-refractivity contribution >= 4 is 57.2 Å². The topological polar surface area (TPSA) is 6.48 Å². The van der Waals surface area contributed by atoms with Gasteiger partial charge < -0.3 is 9.80 Å². The molecule has 0 saturated heterocycles. The Morgan fingerprint density at radius 2 is 0.877 bits per heavy atom. The minimum absolute atomic E-state index is 0.00182. The second-order valence-electron chi connectivity index (χ2n) is 26.5. The van der Waals surface area contributed by atoms with Crippen molar-refractivity contribution in [3.8, 4) is 33.4 Å². The zero-order valence-corrected chi connectivity index (χ0v) is 46.3. The number of hydrogen-bond donors (Lipinski definition) is 0. The third kappa shape index (κ3) is 8.36. The maximum atomic E-state index is 2.72. The monoisotopic (exact) mass is 955 g/mol. The Kier molecular flexibility index (Phi) is 11.3. The van der Waals surface area contributed by atoms with Gasteiger partial charge in [-0.15, -0.1) is 0 Å². The standard InChI is InChI=1S/C70H75BN2/c1-44(2)47-37-63-65-64(38-47)73(60-32-28-52(67(6,7)8)39-55(60)50-35-48(45-22-18-16-19-23-45)34-49(36-50)46-24-20-17-21-25-46)62-42-57-56(69(12,13)43-70(57,14)15)41-59(62)71(65)58-40-53(68(9,10)11)29-33-61(58)72(63)54-30-26-51(27-31-54)66(3,4)5/h16-42,44H,43H2,1-15H3. The van der Waals surface area contributed by atoms with Crippen molar-refractivity contribution in [3.05, 3.63) is 197 Å². The van der Waals surface area contributed by atoms with E-state index in [9.17, 15) is 0 Å². The number of anilines is 6. The summed E-state index contributed by atoms with van der Waals surface area (Å²) in [5.41, 5.74) is 27.1. The van der Waals surface area contributed by atoms with E-state index in [0.717, 1.165) is 6.42 Å². The van der Waals surface area contributed by atoms with E-state index >= 15 is 0 Å². The molecule has 2 nitrogen and oxygen atoms in total. The molecule has 0 N–H and O–H groups in total. The molecule has 0 fully saturated rings. The third-order valence-electron chi connectivity index (χ3n) is 16.7. The fourth-order valence-electron chi connectivity index (χ4n) is 12.7. The zero-order chi connectivity index (χ0) is 51.7. The zero-order valence-electron chi connectivity index (χ0n) is 46.3. The quantitative estimate of drug-likeness (QED) is 0.153. The first kappa shape index (κ1) is 48.7. The highest BCUT2D eigenvalue weighted by atomic mass is 15.2. The number of fused-ring (bicyclic) bond motifs is 5.